The molecule has 2 aromatic heterocycles. The topological polar surface area (TPSA) is 70.7 Å². The molecule has 0 atom stereocenters. The van der Waals surface area contributed by atoms with Gasteiger partial charge >= 0.3 is 0 Å². The van der Waals surface area contributed by atoms with E-state index in [1.807, 2.05) is 60.7 Å². The van der Waals surface area contributed by atoms with Crippen molar-refractivity contribution >= 4 is 40.7 Å². The molecule has 0 unspecified atom stereocenters. The third kappa shape index (κ3) is 5.34. The van der Waals surface area contributed by atoms with E-state index in [-0.39, 0.29) is 18.0 Å². The molecule has 2 heterocycles. The molecule has 3 aromatic carbocycles. The molecule has 8 heteroatoms. The molecule has 0 aliphatic rings. The maximum absolute atomic E-state index is 13.9. The number of halogens is 2. The van der Waals surface area contributed by atoms with E-state index in [0.717, 1.165) is 50.3 Å². The summed E-state index contributed by atoms with van der Waals surface area (Å²) in [6.45, 7) is -0.115. The summed E-state index contributed by atoms with van der Waals surface area (Å²) in [5.41, 5.74) is 3.05. The van der Waals surface area contributed by atoms with E-state index >= 15 is 0 Å². The molecule has 1 amide bonds. The molecule has 0 saturated carbocycles. The lowest BCUT2D eigenvalue weighted by molar-refractivity contribution is 0.0947. The number of fused-ring (bicyclic) bond motifs is 1. The standard InChI is InChI=1S/C28H20F2N4OS/c29-19-8-12-24(30)18(15-19)17-32-28(35)23-6-1-2-7-27(23)36-21-10-11-22-25(33-34-26(22)16-21)13-9-20-5-3-4-14-31-20/h1-16H,17H2,(H,32,35)(H,33,34)/b13-9+. The van der Waals surface area contributed by atoms with Crippen molar-refractivity contribution in [3.63, 3.8) is 0 Å². The molecule has 5 nitrogen and oxygen atoms in total. The minimum atomic E-state index is -0.568. The number of hydrogen-bond acceptors (Lipinski definition) is 4. The molecule has 5 aromatic rings. The SMILES string of the molecule is O=C(NCc1cc(F)ccc1F)c1ccccc1Sc1ccc2c(/C=C/c3ccccn3)n[nH]c2c1. The highest BCUT2D eigenvalue weighted by molar-refractivity contribution is 7.99. The van der Waals surface area contributed by atoms with Crippen LogP contribution in [-0.2, 0) is 6.54 Å². The number of carbonyl (C=O) groups is 1. The second kappa shape index (κ2) is 10.5. The molecule has 0 bridgehead atoms. The zero-order valence-electron chi connectivity index (χ0n) is 18.9. The minimum absolute atomic E-state index is 0.0890. The summed E-state index contributed by atoms with van der Waals surface area (Å²) in [6, 6.07) is 22.0. The van der Waals surface area contributed by atoms with Gasteiger partial charge in [0.25, 0.3) is 5.91 Å². The van der Waals surface area contributed by atoms with Crippen LogP contribution in [0.3, 0.4) is 0 Å². The fraction of sp³-hybridized carbons (Fsp3) is 0.0357. The van der Waals surface area contributed by atoms with Crippen LogP contribution in [0.15, 0.2) is 94.9 Å². The van der Waals surface area contributed by atoms with Crippen LogP contribution in [0.2, 0.25) is 0 Å². The summed E-state index contributed by atoms with van der Waals surface area (Å²) in [5, 5.41) is 11.1. The molecule has 2 N–H and O–H groups in total. The lowest BCUT2D eigenvalue weighted by Gasteiger charge is -2.11. The van der Waals surface area contributed by atoms with Crippen LogP contribution in [0.25, 0.3) is 23.1 Å². The molecule has 0 aliphatic heterocycles. The van der Waals surface area contributed by atoms with Gasteiger partial charge < -0.3 is 5.32 Å². The van der Waals surface area contributed by atoms with Crippen molar-refractivity contribution in [2.45, 2.75) is 16.3 Å². The normalized spacial score (nSPS) is 11.3. The van der Waals surface area contributed by atoms with Gasteiger partial charge in [-0.2, -0.15) is 5.10 Å². The van der Waals surface area contributed by atoms with Crippen molar-refractivity contribution in [2.24, 2.45) is 0 Å². The monoisotopic (exact) mass is 498 g/mol. The Morgan fingerprint density at radius 2 is 1.83 bits per heavy atom. The van der Waals surface area contributed by atoms with Gasteiger partial charge in [-0.05, 0) is 72.8 Å². The van der Waals surface area contributed by atoms with Crippen LogP contribution in [0.1, 0.15) is 27.3 Å². The fourth-order valence-electron chi connectivity index (χ4n) is 3.67. The van der Waals surface area contributed by atoms with E-state index in [9.17, 15) is 13.6 Å². The van der Waals surface area contributed by atoms with Crippen LogP contribution in [-0.4, -0.2) is 21.1 Å². The Kier molecular flexibility index (Phi) is 6.86. The molecule has 0 radical (unpaired) electrons. The molecule has 178 valence electrons. The van der Waals surface area contributed by atoms with Gasteiger partial charge in [-0.1, -0.05) is 30.0 Å². The first-order valence-corrected chi connectivity index (χ1v) is 11.9. The van der Waals surface area contributed by atoms with Gasteiger partial charge in [0.1, 0.15) is 11.6 Å². The quantitative estimate of drug-likeness (QED) is 0.269. The van der Waals surface area contributed by atoms with Crippen molar-refractivity contribution in [1.29, 1.82) is 0 Å². The number of hydrogen-bond donors (Lipinski definition) is 2. The number of H-pyrrole nitrogens is 1. The second-order valence-corrected chi connectivity index (χ2v) is 9.04. The highest BCUT2D eigenvalue weighted by Gasteiger charge is 2.14. The van der Waals surface area contributed by atoms with Gasteiger partial charge in [0, 0.05) is 33.5 Å². The minimum Gasteiger partial charge on any atom is -0.348 e. The Hall–Kier alpha value is -4.30. The number of carbonyl (C=O) groups excluding carboxylic acids is 1. The maximum Gasteiger partial charge on any atom is 0.252 e. The fourth-order valence-corrected chi connectivity index (χ4v) is 4.65. The van der Waals surface area contributed by atoms with Crippen molar-refractivity contribution in [3.05, 3.63) is 119 Å². The number of amides is 1. The van der Waals surface area contributed by atoms with E-state index < -0.39 is 11.6 Å². The molecule has 36 heavy (non-hydrogen) atoms. The van der Waals surface area contributed by atoms with E-state index in [4.69, 9.17) is 0 Å². The summed E-state index contributed by atoms with van der Waals surface area (Å²) in [6.07, 6.45) is 5.56. The first-order valence-electron chi connectivity index (χ1n) is 11.1. The highest BCUT2D eigenvalue weighted by atomic mass is 32.2. The van der Waals surface area contributed by atoms with Crippen molar-refractivity contribution in [3.8, 4) is 0 Å². The van der Waals surface area contributed by atoms with Crippen LogP contribution in [0.5, 0.6) is 0 Å². The average Bonchev–Trinajstić information content (AvgIpc) is 3.31. The lowest BCUT2D eigenvalue weighted by atomic mass is 10.2. The average molecular weight is 499 g/mol. The Labute approximate surface area is 210 Å². The Morgan fingerprint density at radius 3 is 2.69 bits per heavy atom. The smallest absolute Gasteiger partial charge is 0.252 e. The largest absolute Gasteiger partial charge is 0.348 e. The zero-order valence-corrected chi connectivity index (χ0v) is 19.7. The van der Waals surface area contributed by atoms with Crippen molar-refractivity contribution < 1.29 is 13.6 Å². The van der Waals surface area contributed by atoms with Gasteiger partial charge in [0.05, 0.1) is 22.5 Å². The van der Waals surface area contributed by atoms with Crippen LogP contribution >= 0.6 is 11.8 Å². The Balaban J connectivity index is 1.32. The van der Waals surface area contributed by atoms with E-state index in [1.165, 1.54) is 11.8 Å². The van der Waals surface area contributed by atoms with Gasteiger partial charge in [-0.15, -0.1) is 0 Å². The molecule has 0 fully saturated rings. The maximum atomic E-state index is 13.9. The highest BCUT2D eigenvalue weighted by Crippen LogP contribution is 2.33. The molecular formula is C28H20F2N4OS. The van der Waals surface area contributed by atoms with E-state index in [1.54, 1.807) is 18.3 Å². The number of nitrogens with zero attached hydrogens (tertiary/aromatic N) is 2. The van der Waals surface area contributed by atoms with Crippen LogP contribution in [0.4, 0.5) is 8.78 Å². The van der Waals surface area contributed by atoms with Gasteiger partial charge in [-0.3, -0.25) is 14.9 Å². The van der Waals surface area contributed by atoms with Crippen LogP contribution < -0.4 is 5.32 Å². The number of aromatic amines is 1. The summed E-state index contributed by atoms with van der Waals surface area (Å²) in [5.74, 6) is -1.49. The van der Waals surface area contributed by atoms with Gasteiger partial charge in [0.2, 0.25) is 0 Å². The number of nitrogens with one attached hydrogen (secondary N) is 2. The van der Waals surface area contributed by atoms with Gasteiger partial charge in [0.15, 0.2) is 0 Å². The van der Waals surface area contributed by atoms with Gasteiger partial charge in [-0.25, -0.2) is 8.78 Å². The Bertz CT molecular complexity index is 1570. The predicted molar refractivity (Wildman–Crippen MR) is 137 cm³/mol. The number of rotatable bonds is 7. The van der Waals surface area contributed by atoms with E-state index in [2.05, 4.69) is 20.5 Å². The van der Waals surface area contributed by atoms with Crippen molar-refractivity contribution in [1.82, 2.24) is 20.5 Å². The molecule has 0 spiro atoms. The number of benzene rings is 3. The summed E-state index contributed by atoms with van der Waals surface area (Å²) in [7, 11) is 0. The zero-order chi connectivity index (χ0) is 24.9. The van der Waals surface area contributed by atoms with Crippen molar-refractivity contribution in [2.75, 3.05) is 0 Å². The molecular weight excluding hydrogens is 478 g/mol. The molecule has 5 rings (SSSR count). The number of pyridine rings is 1. The lowest BCUT2D eigenvalue weighted by Crippen LogP contribution is -2.24. The predicted octanol–water partition coefficient (Wildman–Crippen LogP) is 6.49. The Morgan fingerprint density at radius 1 is 0.972 bits per heavy atom. The second-order valence-electron chi connectivity index (χ2n) is 7.92. The summed E-state index contributed by atoms with van der Waals surface area (Å²) in [4.78, 5) is 18.8. The number of aromatic nitrogens is 3. The van der Waals surface area contributed by atoms with E-state index in [0.29, 0.717) is 5.56 Å². The summed E-state index contributed by atoms with van der Waals surface area (Å²) < 4.78 is 27.4. The third-order valence-corrected chi connectivity index (χ3v) is 6.54. The third-order valence-electron chi connectivity index (χ3n) is 5.47. The summed E-state index contributed by atoms with van der Waals surface area (Å²) >= 11 is 1.43. The molecule has 0 saturated heterocycles. The molecule has 0 aliphatic carbocycles. The first-order chi connectivity index (χ1) is 17.6. The van der Waals surface area contributed by atoms with Crippen LogP contribution in [0, 0.1) is 11.6 Å². The first kappa shape index (κ1) is 23.4.